The van der Waals surface area contributed by atoms with Gasteiger partial charge in [0, 0.05) is 20.6 Å². The van der Waals surface area contributed by atoms with E-state index in [2.05, 4.69) is 21.1 Å². The second-order valence-electron chi connectivity index (χ2n) is 4.71. The molecule has 1 aromatic heterocycles. The largest absolute Gasteiger partial charge is 0.367 e. The Labute approximate surface area is 135 Å². The van der Waals surface area contributed by atoms with E-state index in [1.54, 1.807) is 0 Å². The molecule has 2 aromatic carbocycles. The highest BCUT2D eigenvalue weighted by Gasteiger charge is 2.19. The summed E-state index contributed by atoms with van der Waals surface area (Å²) < 4.78 is 6.19. The summed E-state index contributed by atoms with van der Waals surface area (Å²) in [4.78, 5) is 0. The Morgan fingerprint density at radius 3 is 2.67 bits per heavy atom. The summed E-state index contributed by atoms with van der Waals surface area (Å²) in [5.74, 6) is 0.259. The van der Waals surface area contributed by atoms with Gasteiger partial charge in [-0.05, 0) is 24.6 Å². The van der Waals surface area contributed by atoms with Crippen molar-refractivity contribution in [1.29, 1.82) is 0 Å². The summed E-state index contributed by atoms with van der Waals surface area (Å²) >= 11 is 9.80. The molecule has 0 spiro atoms. The summed E-state index contributed by atoms with van der Waals surface area (Å²) in [7, 11) is 0. The van der Waals surface area contributed by atoms with Crippen LogP contribution in [0.15, 0.2) is 51.5 Å². The van der Waals surface area contributed by atoms with E-state index in [9.17, 15) is 0 Å². The number of nitrogens with zero attached hydrogens (tertiary/aromatic N) is 1. The van der Waals surface area contributed by atoms with Crippen molar-refractivity contribution in [3.63, 3.8) is 0 Å². The zero-order valence-electron chi connectivity index (χ0n) is 11.2. The molecule has 3 rings (SSSR count). The number of hydrogen-bond donors (Lipinski definition) is 1. The van der Waals surface area contributed by atoms with E-state index >= 15 is 0 Å². The van der Waals surface area contributed by atoms with Crippen LogP contribution >= 0.6 is 27.5 Å². The number of hydrogen-bond acceptors (Lipinski definition) is 3. The van der Waals surface area contributed by atoms with E-state index < -0.39 is 0 Å². The molecule has 0 unspecified atom stereocenters. The standard InChI is InChI=1S/C16H12BrClN2O/c1-9-6-7-10(8-12(9)17)15-14(16(19)21-20-15)11-4-2-3-5-13(11)18/h2-8H,19H2,1H3. The summed E-state index contributed by atoms with van der Waals surface area (Å²) in [5, 5.41) is 4.71. The van der Waals surface area contributed by atoms with Gasteiger partial charge in [0.1, 0.15) is 5.69 Å². The molecule has 0 atom stereocenters. The van der Waals surface area contributed by atoms with Crippen molar-refractivity contribution in [3.8, 4) is 22.4 Å². The van der Waals surface area contributed by atoms with Crippen molar-refractivity contribution in [2.45, 2.75) is 6.92 Å². The Hall–Kier alpha value is -1.78. The number of anilines is 1. The van der Waals surface area contributed by atoms with Crippen LogP contribution in [-0.2, 0) is 0 Å². The van der Waals surface area contributed by atoms with Crippen molar-refractivity contribution >= 4 is 33.4 Å². The summed E-state index contributed by atoms with van der Waals surface area (Å²) in [6.45, 7) is 2.03. The highest BCUT2D eigenvalue weighted by Crippen LogP contribution is 2.40. The average Bonchev–Trinajstić information content (AvgIpc) is 2.84. The predicted molar refractivity (Wildman–Crippen MR) is 89.2 cm³/mol. The minimum atomic E-state index is 0.259. The number of nitrogens with two attached hydrogens (primary N) is 1. The van der Waals surface area contributed by atoms with E-state index in [0.717, 1.165) is 26.7 Å². The number of halogens is 2. The van der Waals surface area contributed by atoms with Crippen LogP contribution in [0, 0.1) is 6.92 Å². The lowest BCUT2D eigenvalue weighted by atomic mass is 10.0. The molecule has 0 fully saturated rings. The SMILES string of the molecule is Cc1ccc(-c2noc(N)c2-c2ccccc2Cl)cc1Br. The van der Waals surface area contributed by atoms with Crippen LogP contribution in [0.25, 0.3) is 22.4 Å². The first-order chi connectivity index (χ1) is 10.1. The molecular weight excluding hydrogens is 352 g/mol. The monoisotopic (exact) mass is 362 g/mol. The van der Waals surface area contributed by atoms with Crippen molar-refractivity contribution in [2.24, 2.45) is 0 Å². The van der Waals surface area contributed by atoms with E-state index in [-0.39, 0.29) is 5.88 Å². The molecule has 0 aliphatic rings. The van der Waals surface area contributed by atoms with Crippen LogP contribution in [0.3, 0.4) is 0 Å². The van der Waals surface area contributed by atoms with E-state index in [1.165, 1.54) is 0 Å². The highest BCUT2D eigenvalue weighted by molar-refractivity contribution is 9.10. The maximum absolute atomic E-state index is 6.27. The third kappa shape index (κ3) is 2.57. The predicted octanol–water partition coefficient (Wildman–Crippen LogP) is 5.32. The number of nitrogen functional groups attached to an aromatic ring is 1. The van der Waals surface area contributed by atoms with Gasteiger partial charge in [-0.2, -0.15) is 0 Å². The lowest BCUT2D eigenvalue weighted by Gasteiger charge is -2.06. The minimum Gasteiger partial charge on any atom is -0.367 e. The first kappa shape index (κ1) is 14.2. The van der Waals surface area contributed by atoms with Gasteiger partial charge < -0.3 is 10.3 Å². The smallest absolute Gasteiger partial charge is 0.230 e. The lowest BCUT2D eigenvalue weighted by molar-refractivity contribution is 0.439. The van der Waals surface area contributed by atoms with Gasteiger partial charge in [0.2, 0.25) is 5.88 Å². The Kier molecular flexibility index (Phi) is 3.74. The molecule has 2 N–H and O–H groups in total. The molecule has 0 bridgehead atoms. The van der Waals surface area contributed by atoms with Crippen molar-refractivity contribution < 1.29 is 4.52 Å². The molecule has 0 saturated carbocycles. The van der Waals surface area contributed by atoms with Crippen LogP contribution in [0.5, 0.6) is 0 Å². The van der Waals surface area contributed by atoms with Crippen LogP contribution in [0.4, 0.5) is 5.88 Å². The van der Waals surface area contributed by atoms with E-state index in [4.69, 9.17) is 21.9 Å². The van der Waals surface area contributed by atoms with Gasteiger partial charge in [-0.3, -0.25) is 0 Å². The van der Waals surface area contributed by atoms with Gasteiger partial charge in [-0.25, -0.2) is 0 Å². The van der Waals surface area contributed by atoms with Crippen LogP contribution in [0.1, 0.15) is 5.56 Å². The Bertz CT molecular complexity index is 814. The molecule has 0 radical (unpaired) electrons. The number of aryl methyl sites for hydroxylation is 1. The highest BCUT2D eigenvalue weighted by atomic mass is 79.9. The van der Waals surface area contributed by atoms with Crippen LogP contribution < -0.4 is 5.73 Å². The van der Waals surface area contributed by atoms with Crippen LogP contribution in [0.2, 0.25) is 5.02 Å². The molecular formula is C16H12BrClN2O. The summed E-state index contributed by atoms with van der Waals surface area (Å²) in [6.07, 6.45) is 0. The average molecular weight is 364 g/mol. The quantitative estimate of drug-likeness (QED) is 0.671. The number of aromatic nitrogens is 1. The Morgan fingerprint density at radius 1 is 1.19 bits per heavy atom. The van der Waals surface area contributed by atoms with Crippen LogP contribution in [-0.4, -0.2) is 5.16 Å². The maximum atomic E-state index is 6.27. The molecule has 3 aromatic rings. The Balaban J connectivity index is 2.22. The zero-order valence-corrected chi connectivity index (χ0v) is 13.6. The van der Waals surface area contributed by atoms with Crippen molar-refractivity contribution in [3.05, 3.63) is 57.5 Å². The molecule has 0 aliphatic carbocycles. The second kappa shape index (κ2) is 5.54. The third-order valence-corrected chi connectivity index (χ3v) is 4.49. The zero-order chi connectivity index (χ0) is 15.0. The van der Waals surface area contributed by atoms with Crippen molar-refractivity contribution in [2.75, 3.05) is 5.73 Å². The summed E-state index contributed by atoms with van der Waals surface area (Å²) in [5.41, 5.74) is 10.2. The molecule has 0 amide bonds. The fourth-order valence-corrected chi connectivity index (χ4v) is 2.77. The Morgan fingerprint density at radius 2 is 1.95 bits per heavy atom. The normalized spacial score (nSPS) is 10.8. The summed E-state index contributed by atoms with van der Waals surface area (Å²) in [6, 6.07) is 13.5. The topological polar surface area (TPSA) is 52.0 Å². The van der Waals surface area contributed by atoms with Gasteiger partial charge in [0.25, 0.3) is 0 Å². The molecule has 21 heavy (non-hydrogen) atoms. The van der Waals surface area contributed by atoms with Gasteiger partial charge in [0.05, 0.1) is 5.56 Å². The molecule has 3 nitrogen and oxygen atoms in total. The molecule has 1 heterocycles. The van der Waals surface area contributed by atoms with Crippen molar-refractivity contribution in [1.82, 2.24) is 5.16 Å². The van der Waals surface area contributed by atoms with Gasteiger partial charge >= 0.3 is 0 Å². The van der Waals surface area contributed by atoms with Gasteiger partial charge in [-0.15, -0.1) is 0 Å². The minimum absolute atomic E-state index is 0.259. The van der Waals surface area contributed by atoms with E-state index in [1.807, 2.05) is 49.4 Å². The number of benzene rings is 2. The fraction of sp³-hybridized carbons (Fsp3) is 0.0625. The lowest BCUT2D eigenvalue weighted by Crippen LogP contribution is -1.89. The first-order valence-electron chi connectivity index (χ1n) is 6.34. The molecule has 106 valence electrons. The van der Waals surface area contributed by atoms with Gasteiger partial charge in [0.15, 0.2) is 0 Å². The first-order valence-corrected chi connectivity index (χ1v) is 7.51. The molecule has 0 aliphatic heterocycles. The maximum Gasteiger partial charge on any atom is 0.230 e. The third-order valence-electron chi connectivity index (χ3n) is 3.31. The second-order valence-corrected chi connectivity index (χ2v) is 5.98. The molecule has 0 saturated heterocycles. The number of rotatable bonds is 2. The van der Waals surface area contributed by atoms with Gasteiger partial charge in [-0.1, -0.05) is 63.0 Å². The van der Waals surface area contributed by atoms with E-state index in [0.29, 0.717) is 10.7 Å². The fourth-order valence-electron chi connectivity index (χ4n) is 2.16. The molecule has 5 heteroatoms.